The molecule has 0 unspecified atom stereocenters. The smallest absolute Gasteiger partial charge is 0.358 e. The fourth-order valence-corrected chi connectivity index (χ4v) is 3.54. The van der Waals surface area contributed by atoms with E-state index in [-0.39, 0.29) is 23.5 Å². The van der Waals surface area contributed by atoms with E-state index in [2.05, 4.69) is 5.10 Å². The van der Waals surface area contributed by atoms with Gasteiger partial charge in [0.25, 0.3) is 5.91 Å². The average Bonchev–Trinajstić information content (AvgIpc) is 3.22. The van der Waals surface area contributed by atoms with Gasteiger partial charge in [-0.2, -0.15) is 4.68 Å². The van der Waals surface area contributed by atoms with Crippen LogP contribution in [0.5, 0.6) is 0 Å². The van der Waals surface area contributed by atoms with Gasteiger partial charge in [-0.15, -0.1) is 0 Å². The molecule has 0 saturated carbocycles. The molecule has 2 heterocycles. The van der Waals surface area contributed by atoms with Crippen molar-refractivity contribution < 1.29 is 9.72 Å². The molecule has 136 valence electrons. The van der Waals surface area contributed by atoms with Crippen molar-refractivity contribution in [1.29, 1.82) is 0 Å². The number of benzene rings is 2. The summed E-state index contributed by atoms with van der Waals surface area (Å²) in [5.74, 6) is -0.599. The summed E-state index contributed by atoms with van der Waals surface area (Å²) in [6, 6.07) is 18.4. The first kappa shape index (κ1) is 17.0. The lowest BCUT2D eigenvalue weighted by molar-refractivity contribution is -0.389. The third kappa shape index (κ3) is 3.08. The number of nitrogens with zero attached hydrogens (tertiary/aromatic N) is 4. The number of fused-ring (bicyclic) bond motifs is 1. The summed E-state index contributed by atoms with van der Waals surface area (Å²) in [5, 5.41) is 15.3. The molecule has 1 aliphatic heterocycles. The highest BCUT2D eigenvalue weighted by atomic mass is 16.6. The summed E-state index contributed by atoms with van der Waals surface area (Å²) >= 11 is 0. The minimum Gasteiger partial charge on any atom is -0.358 e. The topological polar surface area (TPSA) is 81.3 Å². The number of carbonyl (C=O) groups excluding carboxylic acids is 1. The zero-order valence-corrected chi connectivity index (χ0v) is 14.8. The van der Waals surface area contributed by atoms with Crippen LogP contribution in [0.1, 0.15) is 28.5 Å². The number of para-hydroxylation sites is 1. The van der Waals surface area contributed by atoms with Crippen molar-refractivity contribution in [2.24, 2.45) is 0 Å². The summed E-state index contributed by atoms with van der Waals surface area (Å²) in [6.45, 7) is 2.27. The maximum atomic E-state index is 13.3. The Morgan fingerprint density at radius 3 is 2.63 bits per heavy atom. The van der Waals surface area contributed by atoms with E-state index in [0.717, 1.165) is 23.2 Å². The van der Waals surface area contributed by atoms with Crippen molar-refractivity contribution in [2.45, 2.75) is 25.9 Å². The molecule has 1 amide bonds. The highest BCUT2D eigenvalue weighted by Crippen LogP contribution is 2.33. The molecular formula is C20H18N4O3. The Balaban J connectivity index is 1.74. The summed E-state index contributed by atoms with van der Waals surface area (Å²) in [4.78, 5) is 25.7. The van der Waals surface area contributed by atoms with Crippen LogP contribution in [0, 0.1) is 10.1 Å². The number of amides is 1. The summed E-state index contributed by atoms with van der Waals surface area (Å²) < 4.78 is 1.42. The van der Waals surface area contributed by atoms with Gasteiger partial charge in [-0.3, -0.25) is 4.79 Å². The molecule has 0 N–H and O–H groups in total. The van der Waals surface area contributed by atoms with Gasteiger partial charge in [-0.25, -0.2) is 0 Å². The fraction of sp³-hybridized carbons (Fsp3) is 0.200. The molecule has 3 aromatic rings. The van der Waals surface area contributed by atoms with Gasteiger partial charge >= 0.3 is 5.82 Å². The van der Waals surface area contributed by atoms with Gasteiger partial charge in [0, 0.05) is 11.7 Å². The largest absolute Gasteiger partial charge is 0.390 e. The van der Waals surface area contributed by atoms with E-state index in [1.54, 1.807) is 4.90 Å². The lowest BCUT2D eigenvalue weighted by atomic mass is 10.1. The highest BCUT2D eigenvalue weighted by molar-refractivity contribution is 6.07. The lowest BCUT2D eigenvalue weighted by Crippen LogP contribution is -2.37. The Bertz CT molecular complexity index is 1010. The molecule has 0 fully saturated rings. The first-order chi connectivity index (χ1) is 13.0. The normalized spacial score (nSPS) is 15.6. The molecule has 0 spiro atoms. The highest BCUT2D eigenvalue weighted by Gasteiger charge is 2.35. The molecule has 1 aliphatic rings. The van der Waals surface area contributed by atoms with E-state index in [9.17, 15) is 14.9 Å². The molecule has 27 heavy (non-hydrogen) atoms. The molecule has 0 bridgehead atoms. The van der Waals surface area contributed by atoms with Gasteiger partial charge in [0.2, 0.25) is 0 Å². The number of hydrogen-bond acceptors (Lipinski definition) is 4. The first-order valence-corrected chi connectivity index (χ1v) is 8.72. The van der Waals surface area contributed by atoms with Gasteiger partial charge in [0.05, 0.1) is 17.7 Å². The molecule has 0 saturated heterocycles. The van der Waals surface area contributed by atoms with E-state index in [1.807, 2.05) is 61.5 Å². The van der Waals surface area contributed by atoms with Crippen LogP contribution < -0.4 is 4.90 Å². The molecule has 0 radical (unpaired) electrons. The third-order valence-corrected chi connectivity index (χ3v) is 4.77. The second-order valence-corrected chi connectivity index (χ2v) is 6.65. The maximum Gasteiger partial charge on any atom is 0.390 e. The second kappa shape index (κ2) is 6.68. The Morgan fingerprint density at radius 2 is 1.89 bits per heavy atom. The van der Waals surface area contributed by atoms with Crippen LogP contribution >= 0.6 is 0 Å². The summed E-state index contributed by atoms with van der Waals surface area (Å²) in [7, 11) is 0. The molecule has 1 aromatic heterocycles. The number of rotatable bonds is 4. The minimum atomic E-state index is -0.570. The Morgan fingerprint density at radius 1 is 1.19 bits per heavy atom. The van der Waals surface area contributed by atoms with Gasteiger partial charge < -0.3 is 15.0 Å². The standard InChI is InChI=1S/C20H18N4O3/c1-14-11-16-9-5-6-10-17(16)23(14)20(25)18-12-19(24(26)27)21-22(18)13-15-7-3-2-4-8-15/h2-10,12,14H,11,13H2,1H3/t14-/m1/s1. The van der Waals surface area contributed by atoms with Crippen LogP contribution in [0.25, 0.3) is 0 Å². The molecule has 2 aromatic carbocycles. The average molecular weight is 362 g/mol. The van der Waals surface area contributed by atoms with Crippen molar-refractivity contribution in [3.63, 3.8) is 0 Å². The number of nitro groups is 1. The lowest BCUT2D eigenvalue weighted by Gasteiger charge is -2.22. The SMILES string of the molecule is C[C@@H]1Cc2ccccc2N1C(=O)c1cc([N+](=O)[O-])nn1Cc1ccccc1. The van der Waals surface area contributed by atoms with Crippen LogP contribution in [0.4, 0.5) is 11.5 Å². The zero-order chi connectivity index (χ0) is 19.0. The van der Waals surface area contributed by atoms with E-state index >= 15 is 0 Å². The Labute approximate surface area is 156 Å². The molecule has 7 heteroatoms. The van der Waals surface area contributed by atoms with Crippen LogP contribution in [0.2, 0.25) is 0 Å². The van der Waals surface area contributed by atoms with Crippen LogP contribution in [-0.4, -0.2) is 26.7 Å². The van der Waals surface area contributed by atoms with Crippen molar-refractivity contribution in [3.05, 3.63) is 87.6 Å². The summed E-state index contributed by atoms with van der Waals surface area (Å²) in [6.07, 6.45) is 0.761. The molecule has 0 aliphatic carbocycles. The monoisotopic (exact) mass is 362 g/mol. The van der Waals surface area contributed by atoms with E-state index in [0.29, 0.717) is 6.54 Å². The molecule has 7 nitrogen and oxygen atoms in total. The zero-order valence-electron chi connectivity index (χ0n) is 14.8. The van der Waals surface area contributed by atoms with Gasteiger partial charge in [0.1, 0.15) is 0 Å². The number of anilines is 1. The number of carbonyl (C=O) groups is 1. The quantitative estimate of drug-likeness (QED) is 0.526. The molecular weight excluding hydrogens is 344 g/mol. The second-order valence-electron chi connectivity index (χ2n) is 6.65. The van der Waals surface area contributed by atoms with Gasteiger partial charge in [0.15, 0.2) is 5.69 Å². The predicted molar refractivity (Wildman–Crippen MR) is 101 cm³/mol. The van der Waals surface area contributed by atoms with Crippen molar-refractivity contribution in [3.8, 4) is 0 Å². The van der Waals surface area contributed by atoms with E-state index < -0.39 is 4.92 Å². The predicted octanol–water partition coefficient (Wildman–Crippen LogP) is 3.43. The first-order valence-electron chi connectivity index (χ1n) is 8.72. The third-order valence-electron chi connectivity index (χ3n) is 4.77. The van der Waals surface area contributed by atoms with Crippen molar-refractivity contribution >= 4 is 17.4 Å². The van der Waals surface area contributed by atoms with Gasteiger partial charge in [-0.05, 0) is 35.5 Å². The van der Waals surface area contributed by atoms with Crippen LogP contribution in [0.3, 0.4) is 0 Å². The Kier molecular flexibility index (Phi) is 4.19. The number of hydrogen-bond donors (Lipinski definition) is 0. The molecule has 1 atom stereocenters. The minimum absolute atomic E-state index is 0.0194. The van der Waals surface area contributed by atoms with Crippen LogP contribution in [0.15, 0.2) is 60.7 Å². The Hall–Kier alpha value is -3.48. The van der Waals surface area contributed by atoms with E-state index in [4.69, 9.17) is 0 Å². The maximum absolute atomic E-state index is 13.3. The summed E-state index contributed by atoms with van der Waals surface area (Å²) in [5.41, 5.74) is 3.08. The van der Waals surface area contributed by atoms with Crippen molar-refractivity contribution in [1.82, 2.24) is 9.78 Å². The fourth-order valence-electron chi connectivity index (χ4n) is 3.54. The molecule has 4 rings (SSSR count). The van der Waals surface area contributed by atoms with E-state index in [1.165, 1.54) is 10.7 Å². The van der Waals surface area contributed by atoms with Gasteiger partial charge in [-0.1, -0.05) is 48.5 Å². The number of aromatic nitrogens is 2. The van der Waals surface area contributed by atoms with Crippen molar-refractivity contribution in [2.75, 3.05) is 4.90 Å². The van der Waals surface area contributed by atoms with Crippen LogP contribution in [-0.2, 0) is 13.0 Å².